The molecule has 4 nitrogen and oxygen atoms in total. The molecule has 4 heteroatoms. The van der Waals surface area contributed by atoms with E-state index in [9.17, 15) is 5.11 Å². The lowest BCUT2D eigenvalue weighted by molar-refractivity contribution is 0.472. The van der Waals surface area contributed by atoms with Crippen molar-refractivity contribution in [3.63, 3.8) is 0 Å². The van der Waals surface area contributed by atoms with E-state index in [1.165, 1.54) is 0 Å². The Bertz CT molecular complexity index is 1200. The zero-order chi connectivity index (χ0) is 21.6. The van der Waals surface area contributed by atoms with Gasteiger partial charge < -0.3 is 10.0 Å². The highest BCUT2D eigenvalue weighted by Gasteiger charge is 2.36. The minimum Gasteiger partial charge on any atom is -0.508 e. The van der Waals surface area contributed by atoms with E-state index in [0.717, 1.165) is 39.6 Å². The van der Waals surface area contributed by atoms with Crippen LogP contribution in [0.4, 0.5) is 28.4 Å². The summed E-state index contributed by atoms with van der Waals surface area (Å²) in [7, 11) is 0. The summed E-state index contributed by atoms with van der Waals surface area (Å²) in [6.07, 6.45) is 0. The first-order chi connectivity index (χ1) is 15.0. The highest BCUT2D eigenvalue weighted by molar-refractivity contribution is 5.83. The van der Waals surface area contributed by atoms with Crippen LogP contribution >= 0.6 is 0 Å². The highest BCUT2D eigenvalue weighted by atomic mass is 16.3. The zero-order valence-electron chi connectivity index (χ0n) is 17.7. The van der Waals surface area contributed by atoms with Gasteiger partial charge in [-0.1, -0.05) is 50.2 Å². The maximum atomic E-state index is 10.1. The van der Waals surface area contributed by atoms with Gasteiger partial charge in [0.25, 0.3) is 0 Å². The van der Waals surface area contributed by atoms with Crippen LogP contribution in [0.1, 0.15) is 25.0 Å². The first-order valence-corrected chi connectivity index (χ1v) is 10.4. The monoisotopic (exact) mass is 407 g/mol. The fourth-order valence-corrected chi connectivity index (χ4v) is 4.48. The van der Waals surface area contributed by atoms with E-state index in [2.05, 4.69) is 61.2 Å². The molecule has 1 aliphatic rings. The lowest BCUT2D eigenvalue weighted by Crippen LogP contribution is -2.37. The number of hydrogen-bond donors (Lipinski definition) is 2. The van der Waals surface area contributed by atoms with Gasteiger partial charge >= 0.3 is 0 Å². The maximum absolute atomic E-state index is 10.1. The van der Waals surface area contributed by atoms with E-state index >= 15 is 0 Å². The number of aromatic hydroxyl groups is 1. The van der Waals surface area contributed by atoms with Crippen LogP contribution in [0.15, 0.2) is 97.1 Å². The van der Waals surface area contributed by atoms with Gasteiger partial charge in [0.1, 0.15) is 5.75 Å². The number of hydrogen-bond acceptors (Lipinski definition) is 4. The standard InChI is InChI=1S/C27H25N3O/c1-27(2)23-17-21(13-15-25(23)30(28)26-16-14-22(31)18-24(26)27)29(19-9-5-3-6-10-19)20-11-7-4-8-12-20/h3-18,31H,28H2,1-2H3. The second-order valence-electron chi connectivity index (χ2n) is 8.40. The minimum atomic E-state index is -0.325. The van der Waals surface area contributed by atoms with Crippen molar-refractivity contribution in [3.05, 3.63) is 108 Å². The predicted octanol–water partition coefficient (Wildman–Crippen LogP) is 6.51. The Balaban J connectivity index is 1.70. The Morgan fingerprint density at radius 1 is 0.677 bits per heavy atom. The average molecular weight is 408 g/mol. The molecule has 4 aromatic rings. The van der Waals surface area contributed by atoms with Crippen molar-refractivity contribution in [2.24, 2.45) is 5.84 Å². The van der Waals surface area contributed by atoms with Gasteiger partial charge in [-0.2, -0.15) is 0 Å². The van der Waals surface area contributed by atoms with Crippen LogP contribution in [0.5, 0.6) is 5.75 Å². The molecule has 1 aliphatic heterocycles. The molecule has 0 aliphatic carbocycles. The van der Waals surface area contributed by atoms with Crippen molar-refractivity contribution in [2.75, 3.05) is 9.91 Å². The van der Waals surface area contributed by atoms with Crippen molar-refractivity contribution in [1.29, 1.82) is 0 Å². The molecule has 0 saturated carbocycles. The van der Waals surface area contributed by atoms with Gasteiger partial charge in [-0.25, -0.2) is 5.84 Å². The highest BCUT2D eigenvalue weighted by Crippen LogP contribution is 2.50. The third-order valence-corrected chi connectivity index (χ3v) is 6.11. The molecule has 0 atom stereocenters. The second kappa shape index (κ2) is 7.18. The number of rotatable bonds is 3. The fourth-order valence-electron chi connectivity index (χ4n) is 4.48. The van der Waals surface area contributed by atoms with E-state index in [0.29, 0.717) is 0 Å². The summed E-state index contributed by atoms with van der Waals surface area (Å²) in [5.41, 5.74) is 6.90. The molecule has 0 radical (unpaired) electrons. The van der Waals surface area contributed by atoms with Crippen LogP contribution in [0.2, 0.25) is 0 Å². The molecule has 3 N–H and O–H groups in total. The molecule has 0 saturated heterocycles. The number of para-hydroxylation sites is 2. The number of anilines is 5. The topological polar surface area (TPSA) is 52.7 Å². The Labute approximate surface area is 182 Å². The molecule has 0 amide bonds. The lowest BCUT2D eigenvalue weighted by Gasteiger charge is -2.40. The molecule has 154 valence electrons. The van der Waals surface area contributed by atoms with Gasteiger partial charge in [-0.3, -0.25) is 5.01 Å². The van der Waals surface area contributed by atoms with E-state index in [-0.39, 0.29) is 11.2 Å². The van der Waals surface area contributed by atoms with Crippen molar-refractivity contribution in [3.8, 4) is 5.75 Å². The number of nitrogens with two attached hydrogens (primary N) is 1. The molecule has 1 heterocycles. The summed E-state index contributed by atoms with van der Waals surface area (Å²) in [6, 6.07) is 32.5. The summed E-state index contributed by atoms with van der Waals surface area (Å²) >= 11 is 0. The Hall–Kier alpha value is -3.76. The smallest absolute Gasteiger partial charge is 0.116 e. The Morgan fingerprint density at radius 2 is 1.19 bits per heavy atom. The first-order valence-electron chi connectivity index (χ1n) is 10.4. The molecule has 0 fully saturated rings. The number of phenols is 1. The number of phenolic OH excluding ortho intramolecular Hbond substituents is 1. The second-order valence-corrected chi connectivity index (χ2v) is 8.40. The summed E-state index contributed by atoms with van der Waals surface area (Å²) < 4.78 is 0. The summed E-state index contributed by atoms with van der Waals surface area (Å²) in [5.74, 6) is 6.76. The van der Waals surface area contributed by atoms with Crippen LogP contribution in [0.3, 0.4) is 0 Å². The SMILES string of the molecule is CC1(C)c2cc(O)ccc2N(N)c2ccc(N(c3ccccc3)c3ccccc3)cc21. The van der Waals surface area contributed by atoms with Gasteiger partial charge in [0.2, 0.25) is 0 Å². The summed E-state index contributed by atoms with van der Waals surface area (Å²) in [4.78, 5) is 2.25. The van der Waals surface area contributed by atoms with Crippen LogP contribution in [0, 0.1) is 0 Å². The number of nitrogens with zero attached hydrogens (tertiary/aromatic N) is 2. The molecule has 0 bridgehead atoms. The Morgan fingerprint density at radius 3 is 1.77 bits per heavy atom. The first kappa shape index (κ1) is 19.2. The molecule has 0 aromatic heterocycles. The average Bonchev–Trinajstić information content (AvgIpc) is 2.79. The summed E-state index contributed by atoms with van der Waals surface area (Å²) in [6.45, 7) is 4.35. The number of hydrazine groups is 1. The fraction of sp³-hybridized carbons (Fsp3) is 0.111. The zero-order valence-corrected chi connectivity index (χ0v) is 17.7. The largest absolute Gasteiger partial charge is 0.508 e. The van der Waals surface area contributed by atoms with Gasteiger partial charge in [0.05, 0.1) is 11.4 Å². The lowest BCUT2D eigenvalue weighted by atomic mass is 9.74. The number of benzene rings is 4. The predicted molar refractivity (Wildman–Crippen MR) is 128 cm³/mol. The molecule has 5 rings (SSSR count). The molecule has 4 aromatic carbocycles. The Kier molecular flexibility index (Phi) is 4.45. The number of fused-ring (bicyclic) bond motifs is 2. The van der Waals surface area contributed by atoms with Gasteiger partial charge in [0.15, 0.2) is 0 Å². The molecule has 31 heavy (non-hydrogen) atoms. The minimum absolute atomic E-state index is 0.245. The quantitative estimate of drug-likeness (QED) is 0.380. The van der Waals surface area contributed by atoms with Crippen LogP contribution in [-0.2, 0) is 5.41 Å². The molecular formula is C27H25N3O. The van der Waals surface area contributed by atoms with Gasteiger partial charge in [-0.05, 0) is 71.8 Å². The van der Waals surface area contributed by atoms with Crippen LogP contribution in [-0.4, -0.2) is 5.11 Å². The van der Waals surface area contributed by atoms with E-state index < -0.39 is 0 Å². The maximum Gasteiger partial charge on any atom is 0.116 e. The van der Waals surface area contributed by atoms with Crippen LogP contribution in [0.25, 0.3) is 0 Å². The molecule has 0 spiro atoms. The van der Waals surface area contributed by atoms with Crippen molar-refractivity contribution >= 4 is 28.4 Å². The van der Waals surface area contributed by atoms with Crippen molar-refractivity contribution < 1.29 is 5.11 Å². The van der Waals surface area contributed by atoms with Crippen molar-refractivity contribution in [2.45, 2.75) is 19.3 Å². The summed E-state index contributed by atoms with van der Waals surface area (Å²) in [5, 5.41) is 11.8. The molecule has 0 unspecified atom stereocenters. The van der Waals surface area contributed by atoms with Gasteiger partial charge in [0, 0.05) is 22.5 Å². The van der Waals surface area contributed by atoms with E-state index in [4.69, 9.17) is 5.84 Å². The van der Waals surface area contributed by atoms with E-state index in [1.807, 2.05) is 48.5 Å². The normalized spacial score (nSPS) is 14.0. The molecular weight excluding hydrogens is 382 g/mol. The van der Waals surface area contributed by atoms with E-state index in [1.54, 1.807) is 11.1 Å². The third kappa shape index (κ3) is 3.13. The third-order valence-electron chi connectivity index (χ3n) is 6.11. The van der Waals surface area contributed by atoms with Crippen LogP contribution < -0.4 is 15.8 Å². The van der Waals surface area contributed by atoms with Crippen molar-refractivity contribution in [1.82, 2.24) is 0 Å². The van der Waals surface area contributed by atoms with Gasteiger partial charge in [-0.15, -0.1) is 0 Å².